The van der Waals surface area contributed by atoms with Crippen molar-refractivity contribution in [1.82, 2.24) is 20.4 Å². The molecule has 2 N–H and O–H groups in total. The molecule has 7 rings (SSSR count). The van der Waals surface area contributed by atoms with Gasteiger partial charge in [-0.1, -0.05) is 26.0 Å². The molecule has 2 aliphatic carbocycles. The molecule has 3 heterocycles. The number of ether oxygens (including phenoxy) is 2. The molecule has 3 fully saturated rings. The van der Waals surface area contributed by atoms with Gasteiger partial charge >= 0.3 is 18.4 Å². The summed E-state index contributed by atoms with van der Waals surface area (Å²) in [6.45, 7) is 9.85. The normalized spacial score (nSPS) is 25.1. The number of amides is 3. The third-order valence-corrected chi connectivity index (χ3v) is 18.7. The summed E-state index contributed by atoms with van der Waals surface area (Å²) in [5.74, 6) is -1.50. The maximum Gasteiger partial charge on any atom is 0.416 e. The summed E-state index contributed by atoms with van der Waals surface area (Å²) in [5, 5.41) is 6.19. The van der Waals surface area contributed by atoms with Gasteiger partial charge in [-0.3, -0.25) is 9.59 Å². The minimum absolute atomic E-state index is 0.00285. The summed E-state index contributed by atoms with van der Waals surface area (Å²) in [6, 6.07) is 6.63. The summed E-state index contributed by atoms with van der Waals surface area (Å²) in [7, 11) is -7.61. The molecule has 3 aliphatic heterocycles. The van der Waals surface area contributed by atoms with Gasteiger partial charge in [-0.15, -0.1) is 0 Å². The van der Waals surface area contributed by atoms with Crippen LogP contribution in [0.25, 0.3) is 0 Å². The van der Waals surface area contributed by atoms with E-state index in [0.29, 0.717) is 55.7 Å². The summed E-state index contributed by atoms with van der Waals surface area (Å²) >= 11 is 0. The largest absolute Gasteiger partial charge is 0.444 e. The van der Waals surface area contributed by atoms with Gasteiger partial charge in [0, 0.05) is 69.0 Å². The zero-order valence-electron chi connectivity index (χ0n) is 38.6. The van der Waals surface area contributed by atoms with Gasteiger partial charge in [0.15, 0.2) is 29.2 Å². The zero-order valence-corrected chi connectivity index (χ0v) is 40.2. The van der Waals surface area contributed by atoms with Crippen molar-refractivity contribution >= 4 is 37.6 Å². The van der Waals surface area contributed by atoms with E-state index < -0.39 is 82.2 Å². The Morgan fingerprint density at radius 1 is 0.672 bits per heavy atom. The van der Waals surface area contributed by atoms with Crippen LogP contribution in [-0.2, 0) is 77.0 Å². The number of hydrogen-bond acceptors (Lipinski definition) is 10. The minimum Gasteiger partial charge on any atom is -0.444 e. The van der Waals surface area contributed by atoms with Crippen molar-refractivity contribution in [3.05, 3.63) is 69.8 Å². The maximum atomic E-state index is 13.7. The van der Waals surface area contributed by atoms with Crippen molar-refractivity contribution in [2.24, 2.45) is 0 Å². The highest BCUT2D eigenvalue weighted by molar-refractivity contribution is 7.93. The number of carbonyl (C=O) groups is 3. The van der Waals surface area contributed by atoms with E-state index in [1.807, 2.05) is 0 Å². The second-order valence-electron chi connectivity index (χ2n) is 19.3. The third kappa shape index (κ3) is 11.6. The summed E-state index contributed by atoms with van der Waals surface area (Å²) in [4.78, 5) is 42.4. The molecule has 67 heavy (non-hydrogen) atoms. The molecular weight excluding hydrogens is 931 g/mol. The van der Waals surface area contributed by atoms with Gasteiger partial charge in [-0.2, -0.15) is 26.3 Å². The fourth-order valence-electron chi connectivity index (χ4n) is 10.1. The van der Waals surface area contributed by atoms with Gasteiger partial charge in [0.25, 0.3) is 0 Å². The molecule has 0 radical (unpaired) electrons. The number of rotatable bonds is 9. The highest BCUT2D eigenvalue weighted by Gasteiger charge is 2.57. The van der Waals surface area contributed by atoms with Crippen molar-refractivity contribution < 1.29 is 67.0 Å². The minimum atomic E-state index is -4.51. The molecular formula is C46H62F6N4O9S2. The van der Waals surface area contributed by atoms with E-state index in [0.717, 1.165) is 42.7 Å². The molecule has 1 saturated heterocycles. The molecule has 374 valence electrons. The molecule has 0 unspecified atom stereocenters. The van der Waals surface area contributed by atoms with E-state index in [2.05, 4.69) is 10.6 Å². The Hall–Kier alpha value is -3.95. The van der Waals surface area contributed by atoms with E-state index >= 15 is 0 Å². The number of nitrogens with zero attached hydrogens (tertiary/aromatic N) is 2. The first-order chi connectivity index (χ1) is 31.1. The monoisotopic (exact) mass is 992 g/mol. The van der Waals surface area contributed by atoms with Gasteiger partial charge < -0.3 is 29.9 Å². The van der Waals surface area contributed by atoms with E-state index in [1.54, 1.807) is 27.7 Å². The van der Waals surface area contributed by atoms with Crippen LogP contribution in [0.3, 0.4) is 0 Å². The lowest BCUT2D eigenvalue weighted by Gasteiger charge is -2.37. The van der Waals surface area contributed by atoms with Crippen molar-refractivity contribution in [3.8, 4) is 0 Å². The standard InChI is InChI=1S/C23H31F3N2O5S.C23H31F3N2O4S/c1-5-34(31,32)22(10-8-18(13-22)27-20(30)33-21(2,3)4)19(29)28-11-9-15-6-7-17(23(24,25)26)12-16(15)14-28;1-2-33(30,31)22(9-5-20(14-22)27-19-7-11-32-12-8-19)21(29)28-10-6-16-3-4-18(23(24,25)26)13-17(16)15-28/h6-7,12,18H,5,8-11,13-14H2,1-4H3,(H,27,30);3-4,13,19-20,27H,2,5-12,14-15H2,1H3/t18-,22-;20-,22-/m11/s1. The van der Waals surface area contributed by atoms with E-state index in [4.69, 9.17) is 9.47 Å². The highest BCUT2D eigenvalue weighted by Crippen LogP contribution is 2.43. The van der Waals surface area contributed by atoms with Crippen molar-refractivity contribution in [1.29, 1.82) is 0 Å². The number of nitrogens with one attached hydrogen (secondary N) is 2. The molecule has 2 saturated carbocycles. The first-order valence-electron chi connectivity index (χ1n) is 22.9. The molecule has 21 heteroatoms. The van der Waals surface area contributed by atoms with Crippen LogP contribution in [0.2, 0.25) is 0 Å². The average molecular weight is 993 g/mol. The van der Waals surface area contributed by atoms with Gasteiger partial charge in [-0.25, -0.2) is 21.6 Å². The van der Waals surface area contributed by atoms with Gasteiger partial charge in [0.1, 0.15) is 5.60 Å². The Morgan fingerprint density at radius 2 is 1.10 bits per heavy atom. The number of halogens is 6. The predicted molar refractivity (Wildman–Crippen MR) is 237 cm³/mol. The molecule has 0 spiro atoms. The number of sulfone groups is 2. The molecule has 0 bridgehead atoms. The van der Waals surface area contributed by atoms with Crippen LogP contribution in [0.1, 0.15) is 119 Å². The Balaban J connectivity index is 0.000000221. The smallest absolute Gasteiger partial charge is 0.416 e. The van der Waals surface area contributed by atoms with Crippen LogP contribution in [0.5, 0.6) is 0 Å². The predicted octanol–water partition coefficient (Wildman–Crippen LogP) is 6.93. The van der Waals surface area contributed by atoms with Crippen LogP contribution in [-0.4, -0.2) is 116 Å². The lowest BCUT2D eigenvalue weighted by atomic mass is 9.95. The Labute approximate surface area is 388 Å². The molecule has 4 atom stereocenters. The molecule has 0 aromatic heterocycles. The lowest BCUT2D eigenvalue weighted by molar-refractivity contribution is -0.138. The number of hydrogen-bond donors (Lipinski definition) is 2. The fourth-order valence-corrected chi connectivity index (χ4v) is 13.8. The molecule has 3 amide bonds. The van der Waals surface area contributed by atoms with E-state index in [1.165, 1.54) is 28.9 Å². The first kappa shape index (κ1) is 52.4. The summed E-state index contributed by atoms with van der Waals surface area (Å²) in [6.07, 6.45) is -6.04. The first-order valence-corrected chi connectivity index (χ1v) is 26.2. The molecule has 2 aromatic rings. The van der Waals surface area contributed by atoms with Crippen molar-refractivity contribution in [2.45, 2.75) is 157 Å². The number of alkyl carbamates (subject to hydrolysis) is 1. The Morgan fingerprint density at radius 3 is 1.52 bits per heavy atom. The number of benzene rings is 2. The molecule has 2 aromatic carbocycles. The number of alkyl halides is 6. The van der Waals surface area contributed by atoms with Crippen LogP contribution in [0.4, 0.5) is 31.1 Å². The van der Waals surface area contributed by atoms with Crippen LogP contribution >= 0.6 is 0 Å². The topological polar surface area (TPSA) is 168 Å². The van der Waals surface area contributed by atoms with E-state index in [9.17, 15) is 57.6 Å². The van der Waals surface area contributed by atoms with Gasteiger partial charge in [0.2, 0.25) is 11.8 Å². The second kappa shape index (κ2) is 19.8. The van der Waals surface area contributed by atoms with Crippen LogP contribution in [0, 0.1) is 0 Å². The summed E-state index contributed by atoms with van der Waals surface area (Å²) in [5.41, 5.74) is -0.0258. The number of carbonyl (C=O) groups excluding carboxylic acids is 3. The number of fused-ring (bicyclic) bond motifs is 2. The Kier molecular flexibility index (Phi) is 15.5. The Bertz CT molecular complexity index is 2390. The second-order valence-corrected chi connectivity index (χ2v) is 24.5. The fraction of sp³-hybridized carbons (Fsp3) is 0.674. The van der Waals surface area contributed by atoms with Crippen LogP contribution < -0.4 is 10.6 Å². The van der Waals surface area contributed by atoms with Gasteiger partial charge in [0.05, 0.1) is 11.1 Å². The van der Waals surface area contributed by atoms with Crippen molar-refractivity contribution in [2.75, 3.05) is 37.8 Å². The van der Waals surface area contributed by atoms with Crippen molar-refractivity contribution in [3.63, 3.8) is 0 Å². The quantitative estimate of drug-likeness (QED) is 0.252. The summed E-state index contributed by atoms with van der Waals surface area (Å²) < 4.78 is 139. The molecule has 5 aliphatic rings. The third-order valence-electron chi connectivity index (χ3n) is 13.8. The zero-order chi connectivity index (χ0) is 49.4. The lowest BCUT2D eigenvalue weighted by Crippen LogP contribution is -2.55. The highest BCUT2D eigenvalue weighted by atomic mass is 32.2. The molecule has 13 nitrogen and oxygen atoms in total. The van der Waals surface area contributed by atoms with E-state index in [-0.39, 0.29) is 75.3 Å². The maximum absolute atomic E-state index is 13.7. The average Bonchev–Trinajstić information content (AvgIpc) is 3.91. The SMILES string of the molecule is CCS(=O)(=O)[C@]1(C(=O)N2CCc3ccc(C(F)(F)F)cc3C2)CC[C@@H](NC(=O)OC(C)(C)C)C1.CCS(=O)(=O)[C@]1(C(=O)N2CCc3ccc(C(F)(F)F)cc3C2)CC[C@@H](NC2CCOCC2)C1. The van der Waals surface area contributed by atoms with Gasteiger partial charge in [-0.05, 0) is 131 Å². The van der Waals surface area contributed by atoms with Crippen LogP contribution in [0.15, 0.2) is 36.4 Å².